The molecule has 2 aromatic carbocycles. The van der Waals surface area contributed by atoms with E-state index in [2.05, 4.69) is 16.0 Å². The number of amides is 4. The molecule has 160 valence electrons. The van der Waals surface area contributed by atoms with Crippen molar-refractivity contribution in [1.29, 1.82) is 0 Å². The third-order valence-electron chi connectivity index (χ3n) is 5.17. The Kier molecular flexibility index (Phi) is 7.48. The maximum atomic E-state index is 12.9. The minimum atomic E-state index is -0.300. The van der Waals surface area contributed by atoms with Crippen molar-refractivity contribution in [1.82, 2.24) is 15.5 Å². The average molecular weight is 414 g/mol. The van der Waals surface area contributed by atoms with Crippen molar-refractivity contribution in [3.63, 3.8) is 0 Å². The van der Waals surface area contributed by atoms with Crippen LogP contribution in [0.5, 0.6) is 5.75 Å². The first-order valence-corrected chi connectivity index (χ1v) is 10.00. The summed E-state index contributed by atoms with van der Waals surface area (Å²) in [6.07, 6.45) is 1.63. The first-order chi connectivity index (χ1) is 14.5. The molecule has 7 nitrogen and oxygen atoms in total. The highest BCUT2D eigenvalue weighted by atomic mass is 19.1. The molecule has 0 spiro atoms. The highest BCUT2D eigenvalue weighted by Crippen LogP contribution is 2.24. The van der Waals surface area contributed by atoms with E-state index in [0.29, 0.717) is 43.5 Å². The lowest BCUT2D eigenvalue weighted by molar-refractivity contribution is 0.180. The Morgan fingerprint density at radius 1 is 1.07 bits per heavy atom. The van der Waals surface area contributed by atoms with E-state index in [0.717, 1.165) is 18.4 Å². The standard InChI is InChI=1S/C22H27FN4O3/c1-30-20-5-3-2-4-19(20)26-22(29)27-12-10-17(11-13-27)15-25-21(28)24-14-16-6-8-18(23)9-7-16/h2-9,17H,10-15H2,1H3,(H,26,29)(H2,24,25,28). The number of benzene rings is 2. The van der Waals surface area contributed by atoms with Gasteiger partial charge in [0, 0.05) is 26.2 Å². The minimum absolute atomic E-state index is 0.150. The van der Waals surface area contributed by atoms with Gasteiger partial charge in [0.2, 0.25) is 0 Å². The molecular formula is C22H27FN4O3. The van der Waals surface area contributed by atoms with Crippen molar-refractivity contribution in [2.24, 2.45) is 5.92 Å². The predicted molar refractivity (Wildman–Crippen MR) is 113 cm³/mol. The minimum Gasteiger partial charge on any atom is -0.495 e. The second kappa shape index (κ2) is 10.5. The summed E-state index contributed by atoms with van der Waals surface area (Å²) in [5.41, 5.74) is 1.48. The molecule has 0 radical (unpaired) electrons. The molecule has 8 heteroatoms. The smallest absolute Gasteiger partial charge is 0.321 e. The molecule has 3 rings (SSSR count). The van der Waals surface area contributed by atoms with Gasteiger partial charge in [-0.3, -0.25) is 0 Å². The molecule has 3 N–H and O–H groups in total. The van der Waals surface area contributed by atoms with Crippen LogP contribution in [0.4, 0.5) is 19.7 Å². The van der Waals surface area contributed by atoms with Crippen LogP contribution < -0.4 is 20.7 Å². The molecule has 1 saturated heterocycles. The number of methoxy groups -OCH3 is 1. The lowest BCUT2D eigenvalue weighted by Crippen LogP contribution is -2.44. The lowest BCUT2D eigenvalue weighted by Gasteiger charge is -2.32. The number of ether oxygens (including phenoxy) is 1. The maximum Gasteiger partial charge on any atom is 0.321 e. The molecule has 0 aromatic heterocycles. The number of likely N-dealkylation sites (tertiary alicyclic amines) is 1. The molecule has 0 bridgehead atoms. The second-order valence-corrected chi connectivity index (χ2v) is 7.25. The molecular weight excluding hydrogens is 387 g/mol. The van der Waals surface area contributed by atoms with Crippen LogP contribution in [0.3, 0.4) is 0 Å². The van der Waals surface area contributed by atoms with Crippen LogP contribution in [0.1, 0.15) is 18.4 Å². The van der Waals surface area contributed by atoms with Crippen LogP contribution in [0.2, 0.25) is 0 Å². The van der Waals surface area contributed by atoms with Gasteiger partial charge in [0.1, 0.15) is 11.6 Å². The zero-order valence-electron chi connectivity index (χ0n) is 17.0. The monoisotopic (exact) mass is 414 g/mol. The molecule has 1 heterocycles. The number of nitrogens with zero attached hydrogens (tertiary/aromatic N) is 1. The quantitative estimate of drug-likeness (QED) is 0.676. The van der Waals surface area contributed by atoms with Gasteiger partial charge in [-0.1, -0.05) is 24.3 Å². The van der Waals surface area contributed by atoms with Gasteiger partial charge in [-0.05, 0) is 48.6 Å². The van der Waals surface area contributed by atoms with Gasteiger partial charge in [0.15, 0.2) is 0 Å². The van der Waals surface area contributed by atoms with Crippen molar-refractivity contribution >= 4 is 17.7 Å². The summed E-state index contributed by atoms with van der Waals surface area (Å²) in [6, 6.07) is 12.9. The average Bonchev–Trinajstić information content (AvgIpc) is 2.78. The maximum absolute atomic E-state index is 12.9. The van der Waals surface area contributed by atoms with Crippen LogP contribution in [0, 0.1) is 11.7 Å². The molecule has 0 saturated carbocycles. The van der Waals surface area contributed by atoms with Gasteiger partial charge in [0.05, 0.1) is 12.8 Å². The van der Waals surface area contributed by atoms with Crippen LogP contribution in [0.15, 0.2) is 48.5 Å². The summed E-state index contributed by atoms with van der Waals surface area (Å²) in [4.78, 5) is 26.3. The molecule has 4 amide bonds. The van der Waals surface area contributed by atoms with E-state index in [4.69, 9.17) is 4.74 Å². The number of piperidine rings is 1. The van der Waals surface area contributed by atoms with Gasteiger partial charge in [-0.15, -0.1) is 0 Å². The Bertz CT molecular complexity index is 852. The topological polar surface area (TPSA) is 82.7 Å². The summed E-state index contributed by atoms with van der Waals surface area (Å²) in [5.74, 6) is 0.639. The largest absolute Gasteiger partial charge is 0.495 e. The second-order valence-electron chi connectivity index (χ2n) is 7.25. The summed E-state index contributed by atoms with van der Waals surface area (Å²) in [5, 5.41) is 8.53. The molecule has 0 atom stereocenters. The Labute approximate surface area is 175 Å². The summed E-state index contributed by atoms with van der Waals surface area (Å²) in [6.45, 7) is 2.15. The number of para-hydroxylation sites is 2. The number of halogens is 1. The number of hydrogen-bond acceptors (Lipinski definition) is 3. The third kappa shape index (κ3) is 6.10. The highest BCUT2D eigenvalue weighted by molar-refractivity contribution is 5.91. The fraction of sp³-hybridized carbons (Fsp3) is 0.364. The summed E-state index contributed by atoms with van der Waals surface area (Å²) >= 11 is 0. The molecule has 0 unspecified atom stereocenters. The van der Waals surface area contributed by atoms with Gasteiger partial charge in [-0.25, -0.2) is 14.0 Å². The fourth-order valence-electron chi connectivity index (χ4n) is 3.37. The fourth-order valence-corrected chi connectivity index (χ4v) is 3.37. The molecule has 1 fully saturated rings. The molecule has 2 aromatic rings. The zero-order chi connectivity index (χ0) is 21.3. The van der Waals surface area contributed by atoms with E-state index in [1.165, 1.54) is 12.1 Å². The van der Waals surface area contributed by atoms with Crippen LogP contribution in [-0.2, 0) is 6.54 Å². The highest BCUT2D eigenvalue weighted by Gasteiger charge is 2.23. The van der Waals surface area contributed by atoms with E-state index in [-0.39, 0.29) is 17.9 Å². The Balaban J connectivity index is 1.36. The van der Waals surface area contributed by atoms with Crippen molar-refractivity contribution in [3.05, 3.63) is 59.9 Å². The number of urea groups is 2. The number of rotatable bonds is 6. The molecule has 1 aliphatic heterocycles. The van der Waals surface area contributed by atoms with Crippen LogP contribution in [0.25, 0.3) is 0 Å². The number of nitrogens with one attached hydrogen (secondary N) is 3. The van der Waals surface area contributed by atoms with Gasteiger partial charge in [0.25, 0.3) is 0 Å². The lowest BCUT2D eigenvalue weighted by atomic mass is 9.97. The number of carbonyl (C=O) groups is 2. The van der Waals surface area contributed by atoms with Crippen LogP contribution in [-0.4, -0.2) is 43.7 Å². The van der Waals surface area contributed by atoms with E-state index >= 15 is 0 Å². The first kappa shape index (κ1) is 21.4. The van der Waals surface area contributed by atoms with E-state index in [9.17, 15) is 14.0 Å². The van der Waals surface area contributed by atoms with Crippen LogP contribution >= 0.6 is 0 Å². The van der Waals surface area contributed by atoms with E-state index in [1.807, 2.05) is 12.1 Å². The van der Waals surface area contributed by atoms with Crippen molar-refractivity contribution in [2.75, 3.05) is 32.1 Å². The van der Waals surface area contributed by atoms with Crippen molar-refractivity contribution in [2.45, 2.75) is 19.4 Å². The predicted octanol–water partition coefficient (Wildman–Crippen LogP) is 3.58. The van der Waals surface area contributed by atoms with E-state index < -0.39 is 0 Å². The number of carbonyl (C=O) groups excluding carboxylic acids is 2. The normalized spacial score (nSPS) is 14.1. The molecule has 0 aliphatic carbocycles. The van der Waals surface area contributed by atoms with Gasteiger partial charge in [-0.2, -0.15) is 0 Å². The number of hydrogen-bond donors (Lipinski definition) is 3. The first-order valence-electron chi connectivity index (χ1n) is 10.00. The van der Waals surface area contributed by atoms with Gasteiger partial charge >= 0.3 is 12.1 Å². The van der Waals surface area contributed by atoms with E-state index in [1.54, 1.807) is 36.3 Å². The Hall–Kier alpha value is -3.29. The van der Waals surface area contributed by atoms with Crippen molar-refractivity contribution < 1.29 is 18.7 Å². The Morgan fingerprint density at radius 2 is 1.77 bits per heavy atom. The van der Waals surface area contributed by atoms with Gasteiger partial charge < -0.3 is 25.6 Å². The van der Waals surface area contributed by atoms with Crippen molar-refractivity contribution in [3.8, 4) is 5.75 Å². The summed E-state index contributed by atoms with van der Waals surface area (Å²) in [7, 11) is 1.57. The zero-order valence-corrected chi connectivity index (χ0v) is 17.0. The molecule has 30 heavy (non-hydrogen) atoms. The summed E-state index contributed by atoms with van der Waals surface area (Å²) < 4.78 is 18.2. The molecule has 1 aliphatic rings. The SMILES string of the molecule is COc1ccccc1NC(=O)N1CCC(CNC(=O)NCc2ccc(F)cc2)CC1. The Morgan fingerprint density at radius 3 is 2.47 bits per heavy atom. The number of anilines is 1. The third-order valence-corrected chi connectivity index (χ3v) is 5.17.